The topological polar surface area (TPSA) is 9.23 Å². The van der Waals surface area contributed by atoms with Crippen molar-refractivity contribution in [2.75, 3.05) is 0 Å². The Balaban J connectivity index is 1.69. The molecule has 0 saturated heterocycles. The summed E-state index contributed by atoms with van der Waals surface area (Å²) in [6, 6.07) is 16.0. The molecule has 0 heterocycles. The van der Waals surface area contributed by atoms with E-state index in [9.17, 15) is 0 Å². The highest BCUT2D eigenvalue weighted by Crippen LogP contribution is 2.33. The van der Waals surface area contributed by atoms with E-state index in [0.29, 0.717) is 5.02 Å². The predicted molar refractivity (Wildman–Crippen MR) is 83.8 cm³/mol. The quantitative estimate of drug-likeness (QED) is 0.654. The fraction of sp³-hybridized carbons (Fsp3) is 0.333. The second-order valence-electron chi connectivity index (χ2n) is 5.46. The smallest absolute Gasteiger partial charge is 0.128 e. The monoisotopic (exact) mass is 286 g/mol. The average molecular weight is 287 g/mol. The number of benzene rings is 2. The maximum atomic E-state index is 5.96. The Hall–Kier alpha value is -1.47. The summed E-state index contributed by atoms with van der Waals surface area (Å²) in [7, 11) is 0. The molecule has 0 bridgehead atoms. The molecule has 0 aliphatic heterocycles. The zero-order valence-electron chi connectivity index (χ0n) is 11.5. The fourth-order valence-corrected chi connectivity index (χ4v) is 3.09. The minimum absolute atomic E-state index is 0.696. The molecule has 0 aromatic heterocycles. The molecule has 1 fully saturated rings. The van der Waals surface area contributed by atoms with Crippen LogP contribution in [-0.4, -0.2) is 0 Å². The SMILES string of the molecule is Clc1cccc(Oc2ccc(C3CCCCC3)cc2)c1. The maximum Gasteiger partial charge on any atom is 0.128 e. The van der Waals surface area contributed by atoms with Crippen LogP contribution in [0.5, 0.6) is 11.5 Å². The first-order valence-corrected chi connectivity index (χ1v) is 7.72. The second kappa shape index (κ2) is 6.32. The van der Waals surface area contributed by atoms with Crippen LogP contribution in [0.15, 0.2) is 48.5 Å². The van der Waals surface area contributed by atoms with E-state index >= 15 is 0 Å². The molecule has 1 aliphatic carbocycles. The van der Waals surface area contributed by atoms with Gasteiger partial charge in [-0.25, -0.2) is 0 Å². The van der Waals surface area contributed by atoms with E-state index in [1.54, 1.807) is 0 Å². The van der Waals surface area contributed by atoms with E-state index in [1.807, 2.05) is 24.3 Å². The van der Waals surface area contributed by atoms with Crippen LogP contribution in [0.25, 0.3) is 0 Å². The van der Waals surface area contributed by atoms with Crippen LogP contribution in [0.1, 0.15) is 43.6 Å². The third-order valence-corrected chi connectivity index (χ3v) is 4.22. The van der Waals surface area contributed by atoms with Gasteiger partial charge in [0.25, 0.3) is 0 Å². The maximum absolute atomic E-state index is 5.96. The van der Waals surface area contributed by atoms with Gasteiger partial charge in [-0.3, -0.25) is 0 Å². The van der Waals surface area contributed by atoms with Crippen molar-refractivity contribution in [2.45, 2.75) is 38.0 Å². The minimum Gasteiger partial charge on any atom is -0.457 e. The minimum atomic E-state index is 0.696. The summed E-state index contributed by atoms with van der Waals surface area (Å²) in [6.07, 6.45) is 6.78. The summed E-state index contributed by atoms with van der Waals surface area (Å²) >= 11 is 5.96. The van der Waals surface area contributed by atoms with Gasteiger partial charge >= 0.3 is 0 Å². The lowest BCUT2D eigenvalue weighted by Gasteiger charge is -2.22. The van der Waals surface area contributed by atoms with Crippen molar-refractivity contribution in [1.29, 1.82) is 0 Å². The molecule has 0 spiro atoms. The number of halogens is 1. The summed E-state index contributed by atoms with van der Waals surface area (Å²) in [5.74, 6) is 2.39. The number of rotatable bonds is 3. The Morgan fingerprint density at radius 2 is 1.60 bits per heavy atom. The van der Waals surface area contributed by atoms with Crippen LogP contribution in [0, 0.1) is 0 Å². The lowest BCUT2D eigenvalue weighted by molar-refractivity contribution is 0.442. The summed E-state index contributed by atoms with van der Waals surface area (Å²) in [5.41, 5.74) is 1.45. The standard InChI is InChI=1S/C18H19ClO/c19-16-7-4-8-18(13-16)20-17-11-9-15(10-12-17)14-5-2-1-3-6-14/h4,7-14H,1-3,5-6H2. The molecular formula is C18H19ClO. The molecule has 0 N–H and O–H groups in total. The molecule has 0 radical (unpaired) electrons. The number of hydrogen-bond acceptors (Lipinski definition) is 1. The van der Waals surface area contributed by atoms with Crippen molar-refractivity contribution in [2.24, 2.45) is 0 Å². The van der Waals surface area contributed by atoms with Gasteiger partial charge in [0.15, 0.2) is 0 Å². The Bertz CT molecular complexity index is 556. The highest BCUT2D eigenvalue weighted by atomic mass is 35.5. The van der Waals surface area contributed by atoms with Crippen molar-refractivity contribution in [1.82, 2.24) is 0 Å². The van der Waals surface area contributed by atoms with Gasteiger partial charge in [0.2, 0.25) is 0 Å². The summed E-state index contributed by atoms with van der Waals surface area (Å²) in [5, 5.41) is 0.696. The van der Waals surface area contributed by atoms with Gasteiger partial charge in [-0.1, -0.05) is 49.1 Å². The Kier molecular flexibility index (Phi) is 4.27. The number of hydrogen-bond donors (Lipinski definition) is 0. The van der Waals surface area contributed by atoms with Gasteiger partial charge < -0.3 is 4.74 Å². The lowest BCUT2D eigenvalue weighted by atomic mass is 9.84. The molecule has 104 valence electrons. The summed E-state index contributed by atoms with van der Waals surface area (Å²) < 4.78 is 5.82. The zero-order valence-corrected chi connectivity index (χ0v) is 12.3. The highest BCUT2D eigenvalue weighted by Gasteiger charge is 2.15. The lowest BCUT2D eigenvalue weighted by Crippen LogP contribution is -2.04. The normalized spacial score (nSPS) is 16.1. The Morgan fingerprint density at radius 3 is 2.30 bits per heavy atom. The van der Waals surface area contributed by atoms with Crippen molar-refractivity contribution in [3.8, 4) is 11.5 Å². The molecule has 2 heteroatoms. The van der Waals surface area contributed by atoms with Gasteiger partial charge in [-0.2, -0.15) is 0 Å². The van der Waals surface area contributed by atoms with Crippen LogP contribution < -0.4 is 4.74 Å². The molecule has 0 unspecified atom stereocenters. The molecule has 1 aliphatic rings. The average Bonchev–Trinajstić information content (AvgIpc) is 2.49. The largest absolute Gasteiger partial charge is 0.457 e. The molecule has 2 aromatic carbocycles. The first-order chi connectivity index (χ1) is 9.81. The van der Waals surface area contributed by atoms with E-state index in [4.69, 9.17) is 16.3 Å². The molecule has 0 amide bonds. The summed E-state index contributed by atoms with van der Waals surface area (Å²) in [4.78, 5) is 0. The Morgan fingerprint density at radius 1 is 0.850 bits per heavy atom. The first kappa shape index (κ1) is 13.5. The molecule has 2 aromatic rings. The second-order valence-corrected chi connectivity index (χ2v) is 5.90. The van der Waals surface area contributed by atoms with Gasteiger partial charge in [-0.05, 0) is 54.7 Å². The van der Waals surface area contributed by atoms with Crippen molar-refractivity contribution in [3.05, 3.63) is 59.1 Å². The zero-order chi connectivity index (χ0) is 13.8. The fourth-order valence-electron chi connectivity index (χ4n) is 2.91. The Labute approximate surface area is 125 Å². The van der Waals surface area contributed by atoms with Crippen LogP contribution in [0.2, 0.25) is 5.02 Å². The van der Waals surface area contributed by atoms with E-state index in [1.165, 1.54) is 37.7 Å². The predicted octanol–water partition coefficient (Wildman–Crippen LogP) is 6.18. The summed E-state index contributed by atoms with van der Waals surface area (Å²) in [6.45, 7) is 0. The van der Waals surface area contributed by atoms with Gasteiger partial charge in [0.05, 0.1) is 0 Å². The third-order valence-electron chi connectivity index (χ3n) is 3.99. The van der Waals surface area contributed by atoms with Crippen molar-refractivity contribution in [3.63, 3.8) is 0 Å². The third kappa shape index (κ3) is 3.34. The molecule has 3 rings (SSSR count). The molecule has 1 saturated carbocycles. The first-order valence-electron chi connectivity index (χ1n) is 7.35. The molecular weight excluding hydrogens is 268 g/mol. The van der Waals surface area contributed by atoms with Crippen LogP contribution in [0.4, 0.5) is 0 Å². The molecule has 1 nitrogen and oxygen atoms in total. The van der Waals surface area contributed by atoms with Crippen molar-refractivity contribution >= 4 is 11.6 Å². The highest BCUT2D eigenvalue weighted by molar-refractivity contribution is 6.30. The van der Waals surface area contributed by atoms with Gasteiger partial charge in [-0.15, -0.1) is 0 Å². The van der Waals surface area contributed by atoms with Crippen molar-refractivity contribution < 1.29 is 4.74 Å². The molecule has 20 heavy (non-hydrogen) atoms. The molecule has 0 atom stereocenters. The van der Waals surface area contributed by atoms with Crippen LogP contribution >= 0.6 is 11.6 Å². The van der Waals surface area contributed by atoms with Crippen LogP contribution in [-0.2, 0) is 0 Å². The van der Waals surface area contributed by atoms with Gasteiger partial charge in [0, 0.05) is 5.02 Å². The van der Waals surface area contributed by atoms with Gasteiger partial charge in [0.1, 0.15) is 11.5 Å². The van der Waals surface area contributed by atoms with E-state index in [0.717, 1.165) is 17.4 Å². The van der Waals surface area contributed by atoms with E-state index < -0.39 is 0 Å². The number of ether oxygens (including phenoxy) is 1. The van der Waals surface area contributed by atoms with Crippen LogP contribution in [0.3, 0.4) is 0 Å². The van der Waals surface area contributed by atoms with E-state index in [2.05, 4.69) is 24.3 Å². The van der Waals surface area contributed by atoms with E-state index in [-0.39, 0.29) is 0 Å².